The first-order valence-corrected chi connectivity index (χ1v) is 13.9. The molecular formula is C30H35F2N3O3S. The Bertz CT molecular complexity index is 1240. The normalized spacial score (nSPS) is 12.5. The number of thioether (sulfide) groups is 1. The van der Waals surface area contributed by atoms with Crippen molar-refractivity contribution in [2.45, 2.75) is 49.8 Å². The first-order chi connectivity index (χ1) is 18.8. The third kappa shape index (κ3) is 9.76. The lowest BCUT2D eigenvalue weighted by Gasteiger charge is -2.25. The molecule has 0 heterocycles. The molecule has 0 aromatic heterocycles. The van der Waals surface area contributed by atoms with Crippen LogP contribution in [0.15, 0.2) is 71.6 Å². The molecule has 3 aromatic carbocycles. The highest BCUT2D eigenvalue weighted by molar-refractivity contribution is 7.99. The van der Waals surface area contributed by atoms with Crippen molar-refractivity contribution in [3.63, 3.8) is 0 Å². The summed E-state index contributed by atoms with van der Waals surface area (Å²) in [6, 6.07) is 17.9. The number of ether oxygens (including phenoxy) is 1. The summed E-state index contributed by atoms with van der Waals surface area (Å²) < 4.78 is 33.2. The van der Waals surface area contributed by atoms with Gasteiger partial charge in [0.25, 0.3) is 5.91 Å². The van der Waals surface area contributed by atoms with Gasteiger partial charge in [0.1, 0.15) is 17.7 Å². The molecule has 0 saturated carbocycles. The highest BCUT2D eigenvalue weighted by Gasteiger charge is 2.23. The maximum Gasteiger partial charge on any atom is 0.307 e. The molecule has 0 aliphatic heterocycles. The van der Waals surface area contributed by atoms with Crippen LogP contribution in [0.3, 0.4) is 0 Å². The van der Waals surface area contributed by atoms with E-state index in [2.05, 4.69) is 29.7 Å². The van der Waals surface area contributed by atoms with E-state index < -0.39 is 29.7 Å². The van der Waals surface area contributed by atoms with Crippen molar-refractivity contribution < 1.29 is 23.1 Å². The van der Waals surface area contributed by atoms with E-state index in [0.29, 0.717) is 23.4 Å². The minimum atomic E-state index is -0.721. The number of nitrogens with two attached hydrogens (primary N) is 1. The summed E-state index contributed by atoms with van der Waals surface area (Å²) in [5.74, 6) is -1.61. The van der Waals surface area contributed by atoms with Crippen molar-refractivity contribution in [2.24, 2.45) is 5.73 Å². The van der Waals surface area contributed by atoms with Crippen molar-refractivity contribution >= 4 is 23.6 Å². The zero-order valence-electron chi connectivity index (χ0n) is 22.2. The predicted octanol–water partition coefficient (Wildman–Crippen LogP) is 4.64. The number of carbonyl (C=O) groups excluding carboxylic acids is 2. The third-order valence-electron chi connectivity index (χ3n) is 6.15. The number of aryl methyl sites for hydroxylation is 1. The molecule has 0 radical (unpaired) electrons. The predicted molar refractivity (Wildman–Crippen MR) is 151 cm³/mol. The number of benzene rings is 3. The van der Waals surface area contributed by atoms with Crippen LogP contribution in [0, 0.1) is 11.6 Å². The van der Waals surface area contributed by atoms with Crippen LogP contribution < -0.4 is 16.4 Å². The zero-order chi connectivity index (χ0) is 28.2. The molecule has 6 nitrogen and oxygen atoms in total. The molecule has 9 heteroatoms. The second-order valence-corrected chi connectivity index (χ2v) is 10.3. The molecule has 0 spiro atoms. The van der Waals surface area contributed by atoms with Crippen molar-refractivity contribution in [1.82, 2.24) is 10.6 Å². The van der Waals surface area contributed by atoms with Crippen molar-refractivity contribution in [3.05, 3.63) is 101 Å². The summed E-state index contributed by atoms with van der Waals surface area (Å²) in [7, 11) is 1.57. The molecule has 39 heavy (non-hydrogen) atoms. The van der Waals surface area contributed by atoms with E-state index in [1.165, 1.54) is 29.5 Å². The van der Waals surface area contributed by atoms with Gasteiger partial charge < -0.3 is 21.1 Å². The number of esters is 1. The Morgan fingerprint density at radius 2 is 1.69 bits per heavy atom. The second kappa shape index (κ2) is 15.4. The van der Waals surface area contributed by atoms with E-state index >= 15 is 0 Å². The largest absolute Gasteiger partial charge is 0.459 e. The first-order valence-electron chi connectivity index (χ1n) is 12.9. The van der Waals surface area contributed by atoms with Crippen LogP contribution in [0.1, 0.15) is 40.4 Å². The summed E-state index contributed by atoms with van der Waals surface area (Å²) in [4.78, 5) is 25.6. The average molecular weight is 556 g/mol. The van der Waals surface area contributed by atoms with Gasteiger partial charge in [0, 0.05) is 42.9 Å². The molecule has 2 atom stereocenters. The average Bonchev–Trinajstić information content (AvgIpc) is 2.92. The van der Waals surface area contributed by atoms with Gasteiger partial charge in [-0.15, -0.1) is 11.8 Å². The van der Waals surface area contributed by atoms with E-state index in [1.807, 2.05) is 24.3 Å². The zero-order valence-corrected chi connectivity index (χ0v) is 23.0. The number of rotatable bonds is 14. The van der Waals surface area contributed by atoms with Crippen molar-refractivity contribution in [1.29, 1.82) is 0 Å². The molecule has 0 saturated heterocycles. The molecule has 0 fully saturated rings. The number of nitrogens with one attached hydrogen (secondary N) is 2. The van der Waals surface area contributed by atoms with Crippen LogP contribution in [0.5, 0.6) is 0 Å². The van der Waals surface area contributed by atoms with Crippen molar-refractivity contribution in [3.8, 4) is 0 Å². The van der Waals surface area contributed by atoms with Crippen molar-refractivity contribution in [2.75, 3.05) is 19.3 Å². The maximum atomic E-state index is 13.7. The molecule has 4 N–H and O–H groups in total. The van der Waals surface area contributed by atoms with E-state index in [4.69, 9.17) is 10.5 Å². The van der Waals surface area contributed by atoms with Crippen LogP contribution >= 0.6 is 11.8 Å². The summed E-state index contributed by atoms with van der Waals surface area (Å²) >= 11 is 1.39. The number of halogens is 2. The first kappa shape index (κ1) is 30.3. The Morgan fingerprint density at radius 3 is 2.41 bits per heavy atom. The molecule has 1 amide bonds. The molecule has 3 rings (SSSR count). The van der Waals surface area contributed by atoms with E-state index in [-0.39, 0.29) is 25.3 Å². The molecule has 3 aromatic rings. The Hall–Kier alpha value is -3.27. The summed E-state index contributed by atoms with van der Waals surface area (Å²) in [5, 5.41) is 5.91. The number of amides is 1. The van der Waals surface area contributed by atoms with Crippen LogP contribution in [0.2, 0.25) is 0 Å². The van der Waals surface area contributed by atoms with Gasteiger partial charge in [-0.2, -0.15) is 0 Å². The van der Waals surface area contributed by atoms with Gasteiger partial charge in [-0.25, -0.2) is 8.78 Å². The smallest absolute Gasteiger partial charge is 0.307 e. The van der Waals surface area contributed by atoms with E-state index in [1.54, 1.807) is 19.2 Å². The monoisotopic (exact) mass is 555 g/mol. The highest BCUT2D eigenvalue weighted by Crippen LogP contribution is 2.23. The van der Waals surface area contributed by atoms with E-state index in [0.717, 1.165) is 22.9 Å². The highest BCUT2D eigenvalue weighted by atomic mass is 32.2. The van der Waals surface area contributed by atoms with Gasteiger partial charge >= 0.3 is 5.97 Å². The lowest BCUT2D eigenvalue weighted by molar-refractivity contribution is -0.149. The van der Waals surface area contributed by atoms with Gasteiger partial charge in [-0.05, 0) is 53.8 Å². The Kier molecular flexibility index (Phi) is 11.9. The topological polar surface area (TPSA) is 93.4 Å². The van der Waals surface area contributed by atoms with Gasteiger partial charge in [0.15, 0.2) is 0 Å². The molecular weight excluding hydrogens is 520 g/mol. The standard InChI is InChI=1S/C30H35F2N3O3S/c1-3-20-7-6-8-21(13-20)18-35-19-27(26(33)16-22-14-23(31)17-24(32)15-22)38-29(36)11-12-39-28-10-5-4-9-25(28)30(37)34-2/h4-10,13-15,17,26-27,35H,3,11-12,16,18-19,33H2,1-2H3,(H,34,37)/t26-,27+/m0/s1. The summed E-state index contributed by atoms with van der Waals surface area (Å²) in [6.45, 7) is 2.91. The van der Waals surface area contributed by atoms with Crippen LogP contribution in [-0.4, -0.2) is 43.4 Å². The molecule has 0 bridgehead atoms. The fraction of sp³-hybridized carbons (Fsp3) is 0.333. The van der Waals surface area contributed by atoms with Crippen LogP contribution in [-0.2, 0) is 28.9 Å². The minimum absolute atomic E-state index is 0.100. The van der Waals surface area contributed by atoms with Gasteiger partial charge in [-0.1, -0.05) is 43.3 Å². The van der Waals surface area contributed by atoms with Crippen LogP contribution in [0.4, 0.5) is 8.78 Å². The fourth-order valence-electron chi connectivity index (χ4n) is 4.12. The lowest BCUT2D eigenvalue weighted by Crippen LogP contribution is -2.46. The fourth-order valence-corrected chi connectivity index (χ4v) is 5.10. The van der Waals surface area contributed by atoms with Gasteiger partial charge in [-0.3, -0.25) is 9.59 Å². The Morgan fingerprint density at radius 1 is 0.974 bits per heavy atom. The molecule has 0 unspecified atom stereocenters. The van der Waals surface area contributed by atoms with Gasteiger partial charge in [0.2, 0.25) is 0 Å². The van der Waals surface area contributed by atoms with Gasteiger partial charge in [0.05, 0.1) is 12.0 Å². The number of hydrogen-bond acceptors (Lipinski definition) is 6. The SMILES string of the molecule is CCc1cccc(CNC[C@@H](OC(=O)CCSc2ccccc2C(=O)NC)[C@@H](N)Cc2cc(F)cc(F)c2)c1. The molecule has 0 aliphatic rings. The minimum Gasteiger partial charge on any atom is -0.459 e. The molecule has 208 valence electrons. The van der Waals surface area contributed by atoms with Crippen LogP contribution in [0.25, 0.3) is 0 Å². The summed E-state index contributed by atoms with van der Waals surface area (Å²) in [6.07, 6.45) is 0.437. The third-order valence-corrected chi connectivity index (χ3v) is 7.23. The second-order valence-electron chi connectivity index (χ2n) is 9.15. The Labute approximate surface area is 232 Å². The Balaban J connectivity index is 1.62. The number of hydrogen-bond donors (Lipinski definition) is 3. The quantitative estimate of drug-likeness (QED) is 0.198. The molecule has 0 aliphatic carbocycles. The lowest BCUT2D eigenvalue weighted by atomic mass is 10.0. The number of carbonyl (C=O) groups is 2. The maximum absolute atomic E-state index is 13.7. The van der Waals surface area contributed by atoms with E-state index in [9.17, 15) is 18.4 Å². The summed E-state index contributed by atoms with van der Waals surface area (Å²) in [5.41, 5.74) is 9.64.